The van der Waals surface area contributed by atoms with Crippen molar-refractivity contribution in [1.29, 1.82) is 0 Å². The first kappa shape index (κ1) is 11.4. The molecule has 0 fully saturated rings. The lowest BCUT2D eigenvalue weighted by atomic mass is 9.95. The summed E-state index contributed by atoms with van der Waals surface area (Å²) in [4.78, 5) is 12.0. The van der Waals surface area contributed by atoms with Crippen LogP contribution in [0.1, 0.15) is 31.5 Å². The van der Waals surface area contributed by atoms with E-state index in [0.717, 1.165) is 23.1 Å². The van der Waals surface area contributed by atoms with Crippen LogP contribution in [0, 0.1) is 6.92 Å². The highest BCUT2D eigenvalue weighted by Crippen LogP contribution is 2.29. The molecule has 4 nitrogen and oxygen atoms in total. The molecule has 3 rings (SSSR count). The molecule has 1 aliphatic rings. The van der Waals surface area contributed by atoms with Gasteiger partial charge < -0.3 is 10.3 Å². The van der Waals surface area contributed by atoms with Gasteiger partial charge in [-0.05, 0) is 38.3 Å². The van der Waals surface area contributed by atoms with Gasteiger partial charge in [-0.3, -0.25) is 0 Å². The highest BCUT2D eigenvalue weighted by atomic mass is 15.0. The van der Waals surface area contributed by atoms with Gasteiger partial charge in [-0.25, -0.2) is 9.97 Å². The number of aromatic amines is 1. The molecule has 2 aromatic heterocycles. The van der Waals surface area contributed by atoms with Crippen molar-refractivity contribution in [3.63, 3.8) is 0 Å². The molecule has 2 aromatic rings. The van der Waals surface area contributed by atoms with E-state index in [1.807, 2.05) is 6.20 Å². The Morgan fingerprint density at radius 3 is 2.89 bits per heavy atom. The van der Waals surface area contributed by atoms with Crippen LogP contribution in [0.25, 0.3) is 16.6 Å². The van der Waals surface area contributed by atoms with Crippen molar-refractivity contribution in [2.24, 2.45) is 0 Å². The Kier molecular flexibility index (Phi) is 2.67. The number of hydrogen-bond acceptors (Lipinski definition) is 3. The largest absolute Gasteiger partial charge is 0.346 e. The fraction of sp³-hybridized carbons (Fsp3) is 0.429. The summed E-state index contributed by atoms with van der Waals surface area (Å²) in [6, 6.07) is 0.886. The average molecular weight is 242 g/mol. The molecule has 0 amide bonds. The number of aryl methyl sites for hydroxylation is 1. The SMILES string of the molecule is Cc1c[nH]c2ncnc(C3=CC(C)NC(C)C3)c12. The van der Waals surface area contributed by atoms with Crippen molar-refractivity contribution in [1.82, 2.24) is 20.3 Å². The first-order chi connectivity index (χ1) is 8.65. The molecule has 2 unspecified atom stereocenters. The Balaban J connectivity index is 2.17. The predicted octanol–water partition coefficient (Wildman–Crippen LogP) is 2.42. The number of H-pyrrole nitrogens is 1. The van der Waals surface area contributed by atoms with E-state index >= 15 is 0 Å². The molecule has 0 aliphatic carbocycles. The molecule has 2 N–H and O–H groups in total. The Bertz CT molecular complexity index is 611. The number of aromatic nitrogens is 3. The molecule has 0 saturated heterocycles. The second-order valence-electron chi connectivity index (χ2n) is 5.17. The van der Waals surface area contributed by atoms with Gasteiger partial charge in [-0.2, -0.15) is 0 Å². The van der Waals surface area contributed by atoms with Crippen LogP contribution in [0.4, 0.5) is 0 Å². The van der Waals surface area contributed by atoms with Crippen molar-refractivity contribution < 1.29 is 0 Å². The van der Waals surface area contributed by atoms with Crippen LogP contribution in [-0.2, 0) is 0 Å². The molecule has 2 atom stereocenters. The Labute approximate surface area is 107 Å². The first-order valence-corrected chi connectivity index (χ1v) is 6.41. The summed E-state index contributed by atoms with van der Waals surface area (Å²) in [6.07, 6.45) is 6.93. The van der Waals surface area contributed by atoms with Crippen LogP contribution in [-0.4, -0.2) is 27.0 Å². The second kappa shape index (κ2) is 4.21. The van der Waals surface area contributed by atoms with E-state index in [2.05, 4.69) is 47.1 Å². The molecule has 0 saturated carbocycles. The van der Waals surface area contributed by atoms with E-state index < -0.39 is 0 Å². The van der Waals surface area contributed by atoms with E-state index in [-0.39, 0.29) is 0 Å². The van der Waals surface area contributed by atoms with Crippen LogP contribution in [0.15, 0.2) is 18.6 Å². The van der Waals surface area contributed by atoms with Gasteiger partial charge in [0.15, 0.2) is 0 Å². The second-order valence-corrected chi connectivity index (χ2v) is 5.17. The molecule has 94 valence electrons. The monoisotopic (exact) mass is 242 g/mol. The smallest absolute Gasteiger partial charge is 0.141 e. The maximum absolute atomic E-state index is 4.51. The number of nitrogens with zero attached hydrogens (tertiary/aromatic N) is 2. The predicted molar refractivity (Wildman–Crippen MR) is 73.3 cm³/mol. The molecule has 0 aromatic carbocycles. The third-order valence-corrected chi connectivity index (χ3v) is 3.50. The van der Waals surface area contributed by atoms with Gasteiger partial charge in [-0.1, -0.05) is 6.08 Å². The number of fused-ring (bicyclic) bond motifs is 1. The lowest BCUT2D eigenvalue weighted by molar-refractivity contribution is 0.506. The lowest BCUT2D eigenvalue weighted by Crippen LogP contribution is -2.36. The minimum Gasteiger partial charge on any atom is -0.346 e. The van der Waals surface area contributed by atoms with Crippen molar-refractivity contribution in [2.75, 3.05) is 0 Å². The highest BCUT2D eigenvalue weighted by Gasteiger charge is 2.20. The average Bonchev–Trinajstić information content (AvgIpc) is 2.70. The zero-order valence-corrected chi connectivity index (χ0v) is 11.0. The summed E-state index contributed by atoms with van der Waals surface area (Å²) in [7, 11) is 0. The van der Waals surface area contributed by atoms with Gasteiger partial charge in [0.2, 0.25) is 0 Å². The van der Waals surface area contributed by atoms with Crippen molar-refractivity contribution in [2.45, 2.75) is 39.3 Å². The zero-order chi connectivity index (χ0) is 12.7. The molecule has 0 bridgehead atoms. The molecular formula is C14H18N4. The normalized spacial score (nSPS) is 24.3. The van der Waals surface area contributed by atoms with Crippen LogP contribution in [0.3, 0.4) is 0 Å². The Hall–Kier alpha value is -1.68. The zero-order valence-electron chi connectivity index (χ0n) is 11.0. The summed E-state index contributed by atoms with van der Waals surface area (Å²) in [6.45, 7) is 6.49. The van der Waals surface area contributed by atoms with Gasteiger partial charge in [0.25, 0.3) is 0 Å². The van der Waals surface area contributed by atoms with Gasteiger partial charge >= 0.3 is 0 Å². The number of hydrogen-bond donors (Lipinski definition) is 2. The Morgan fingerprint density at radius 1 is 1.28 bits per heavy atom. The maximum atomic E-state index is 4.51. The van der Waals surface area contributed by atoms with Gasteiger partial charge in [0, 0.05) is 23.7 Å². The standard InChI is InChI=1S/C14H18N4/c1-8-6-15-14-12(8)13(16-7-17-14)11-4-9(2)18-10(3)5-11/h4,6-7,9-10,18H,5H2,1-3H3,(H,15,16,17). The van der Waals surface area contributed by atoms with Crippen molar-refractivity contribution >= 4 is 16.6 Å². The maximum Gasteiger partial charge on any atom is 0.141 e. The summed E-state index contributed by atoms with van der Waals surface area (Å²) in [5.41, 5.74) is 4.54. The van der Waals surface area contributed by atoms with Crippen LogP contribution < -0.4 is 5.32 Å². The molecule has 0 spiro atoms. The first-order valence-electron chi connectivity index (χ1n) is 6.41. The third-order valence-electron chi connectivity index (χ3n) is 3.50. The molecule has 4 heteroatoms. The molecule has 18 heavy (non-hydrogen) atoms. The topological polar surface area (TPSA) is 53.6 Å². The van der Waals surface area contributed by atoms with E-state index in [4.69, 9.17) is 0 Å². The van der Waals surface area contributed by atoms with E-state index in [0.29, 0.717) is 12.1 Å². The van der Waals surface area contributed by atoms with Crippen LogP contribution in [0.2, 0.25) is 0 Å². The minimum absolute atomic E-state index is 0.396. The molecule has 1 aliphatic heterocycles. The molecule has 0 radical (unpaired) electrons. The van der Waals surface area contributed by atoms with E-state index in [1.165, 1.54) is 11.1 Å². The summed E-state index contributed by atoms with van der Waals surface area (Å²) < 4.78 is 0. The summed E-state index contributed by atoms with van der Waals surface area (Å²) >= 11 is 0. The van der Waals surface area contributed by atoms with Crippen LogP contribution in [0.5, 0.6) is 0 Å². The minimum atomic E-state index is 0.396. The Morgan fingerprint density at radius 2 is 2.11 bits per heavy atom. The van der Waals surface area contributed by atoms with Gasteiger partial charge in [-0.15, -0.1) is 0 Å². The van der Waals surface area contributed by atoms with Gasteiger partial charge in [0.1, 0.15) is 12.0 Å². The highest BCUT2D eigenvalue weighted by molar-refractivity contribution is 5.91. The quantitative estimate of drug-likeness (QED) is 0.807. The number of rotatable bonds is 1. The van der Waals surface area contributed by atoms with Gasteiger partial charge in [0.05, 0.1) is 5.69 Å². The van der Waals surface area contributed by atoms with E-state index in [9.17, 15) is 0 Å². The summed E-state index contributed by atoms with van der Waals surface area (Å²) in [5, 5.41) is 4.67. The lowest BCUT2D eigenvalue weighted by Gasteiger charge is -2.25. The van der Waals surface area contributed by atoms with Crippen molar-refractivity contribution in [3.8, 4) is 0 Å². The van der Waals surface area contributed by atoms with Crippen molar-refractivity contribution in [3.05, 3.63) is 29.9 Å². The fourth-order valence-corrected chi connectivity index (χ4v) is 2.79. The number of nitrogens with one attached hydrogen (secondary N) is 2. The third kappa shape index (κ3) is 1.82. The molecule has 3 heterocycles. The fourth-order valence-electron chi connectivity index (χ4n) is 2.79. The summed E-state index contributed by atoms with van der Waals surface area (Å²) in [5.74, 6) is 0. The van der Waals surface area contributed by atoms with E-state index in [1.54, 1.807) is 6.33 Å². The molecular weight excluding hydrogens is 224 g/mol. The van der Waals surface area contributed by atoms with Crippen LogP contribution >= 0.6 is 0 Å².